The minimum absolute atomic E-state index is 0.134. The predicted molar refractivity (Wildman–Crippen MR) is 108 cm³/mol. The molecule has 138 valence electrons. The Labute approximate surface area is 163 Å². The minimum atomic E-state index is -0.307. The van der Waals surface area contributed by atoms with Crippen molar-refractivity contribution in [2.24, 2.45) is 0 Å². The largest absolute Gasteiger partial charge is 0.340 e. The van der Waals surface area contributed by atoms with Gasteiger partial charge in [0, 0.05) is 24.2 Å². The summed E-state index contributed by atoms with van der Waals surface area (Å²) >= 11 is 0. The van der Waals surface area contributed by atoms with Gasteiger partial charge in [-0.2, -0.15) is 5.10 Å². The van der Waals surface area contributed by atoms with E-state index >= 15 is 0 Å². The maximum Gasteiger partial charge on any atom is 0.252 e. The van der Waals surface area contributed by atoms with Crippen molar-refractivity contribution >= 4 is 5.91 Å². The summed E-state index contributed by atoms with van der Waals surface area (Å²) in [4.78, 5) is 17.3. The van der Waals surface area contributed by atoms with Gasteiger partial charge in [-0.1, -0.05) is 48.5 Å². The van der Waals surface area contributed by atoms with Crippen LogP contribution in [0.25, 0.3) is 0 Å². The number of rotatable bonds is 6. The molecular formula is C23H20N4O. The molecule has 28 heavy (non-hydrogen) atoms. The highest BCUT2D eigenvalue weighted by Crippen LogP contribution is 2.20. The second kappa shape index (κ2) is 8.31. The SMILES string of the molecule is O=C(NC(c1ccccc1)c1ccccn1)c1ccc(Cn2cccn2)cc1. The summed E-state index contributed by atoms with van der Waals surface area (Å²) in [5.41, 5.74) is 3.49. The van der Waals surface area contributed by atoms with Crippen LogP contribution in [0.5, 0.6) is 0 Å². The van der Waals surface area contributed by atoms with Crippen molar-refractivity contribution in [2.75, 3.05) is 0 Å². The highest BCUT2D eigenvalue weighted by atomic mass is 16.1. The molecule has 0 aliphatic rings. The lowest BCUT2D eigenvalue weighted by atomic mass is 10.0. The minimum Gasteiger partial charge on any atom is -0.340 e. The average Bonchev–Trinajstić information content (AvgIpc) is 3.27. The van der Waals surface area contributed by atoms with Gasteiger partial charge in [-0.05, 0) is 41.5 Å². The van der Waals surface area contributed by atoms with Gasteiger partial charge in [0.2, 0.25) is 0 Å². The molecule has 4 aromatic rings. The molecule has 0 radical (unpaired) electrons. The van der Waals surface area contributed by atoms with Crippen LogP contribution in [0, 0.1) is 0 Å². The Hall–Kier alpha value is -3.73. The Morgan fingerprint density at radius 3 is 2.36 bits per heavy atom. The zero-order valence-corrected chi connectivity index (χ0v) is 15.3. The number of nitrogens with zero attached hydrogens (tertiary/aromatic N) is 3. The normalized spacial score (nSPS) is 11.7. The van der Waals surface area contributed by atoms with Crippen LogP contribution in [0.15, 0.2) is 97.5 Å². The van der Waals surface area contributed by atoms with Gasteiger partial charge in [-0.25, -0.2) is 0 Å². The van der Waals surface area contributed by atoms with Gasteiger partial charge < -0.3 is 5.32 Å². The molecule has 4 rings (SSSR count). The Balaban J connectivity index is 1.53. The molecule has 1 N–H and O–H groups in total. The monoisotopic (exact) mass is 368 g/mol. The number of nitrogens with one attached hydrogen (secondary N) is 1. The summed E-state index contributed by atoms with van der Waals surface area (Å²) < 4.78 is 1.85. The third kappa shape index (κ3) is 4.15. The number of hydrogen-bond acceptors (Lipinski definition) is 3. The first-order valence-corrected chi connectivity index (χ1v) is 9.13. The van der Waals surface area contributed by atoms with Crippen LogP contribution in [0.2, 0.25) is 0 Å². The third-order valence-corrected chi connectivity index (χ3v) is 4.51. The van der Waals surface area contributed by atoms with Crippen molar-refractivity contribution in [1.82, 2.24) is 20.1 Å². The van der Waals surface area contributed by atoms with E-state index in [2.05, 4.69) is 15.4 Å². The Kier molecular flexibility index (Phi) is 5.24. The Morgan fingerprint density at radius 2 is 1.68 bits per heavy atom. The van der Waals surface area contributed by atoms with E-state index in [4.69, 9.17) is 0 Å². The molecule has 1 unspecified atom stereocenters. The van der Waals surface area contributed by atoms with Crippen molar-refractivity contribution in [3.63, 3.8) is 0 Å². The zero-order chi connectivity index (χ0) is 19.2. The average molecular weight is 368 g/mol. The van der Waals surface area contributed by atoms with E-state index in [0.717, 1.165) is 16.8 Å². The fraction of sp³-hybridized carbons (Fsp3) is 0.0870. The summed E-state index contributed by atoms with van der Waals surface area (Å²) in [6, 6.07) is 24.8. The molecule has 5 heteroatoms. The molecule has 0 saturated carbocycles. The van der Waals surface area contributed by atoms with E-state index in [0.29, 0.717) is 12.1 Å². The van der Waals surface area contributed by atoms with E-state index < -0.39 is 0 Å². The molecule has 0 fully saturated rings. The molecule has 5 nitrogen and oxygen atoms in total. The van der Waals surface area contributed by atoms with Crippen LogP contribution < -0.4 is 5.32 Å². The number of carbonyl (C=O) groups is 1. The second-order valence-corrected chi connectivity index (χ2v) is 6.47. The summed E-state index contributed by atoms with van der Waals surface area (Å²) in [6.45, 7) is 0.676. The highest BCUT2D eigenvalue weighted by Gasteiger charge is 2.18. The van der Waals surface area contributed by atoms with E-state index in [1.54, 1.807) is 12.4 Å². The van der Waals surface area contributed by atoms with E-state index in [1.165, 1.54) is 0 Å². The predicted octanol–water partition coefficient (Wildman–Crippen LogP) is 3.85. The molecule has 2 aromatic heterocycles. The number of pyridine rings is 1. The molecule has 0 saturated heterocycles. The maximum absolute atomic E-state index is 12.9. The Bertz CT molecular complexity index is 974. The first-order valence-electron chi connectivity index (χ1n) is 9.13. The fourth-order valence-corrected chi connectivity index (χ4v) is 3.08. The molecule has 1 atom stereocenters. The van der Waals surface area contributed by atoms with Gasteiger partial charge in [-0.3, -0.25) is 14.5 Å². The van der Waals surface area contributed by atoms with Gasteiger partial charge in [0.25, 0.3) is 5.91 Å². The number of hydrogen-bond donors (Lipinski definition) is 1. The topological polar surface area (TPSA) is 59.8 Å². The fourth-order valence-electron chi connectivity index (χ4n) is 3.08. The number of benzene rings is 2. The molecule has 2 heterocycles. The lowest BCUT2D eigenvalue weighted by Crippen LogP contribution is -2.29. The van der Waals surface area contributed by atoms with Crippen LogP contribution in [-0.2, 0) is 6.54 Å². The first-order chi connectivity index (χ1) is 13.8. The first kappa shape index (κ1) is 17.7. The molecule has 2 aromatic carbocycles. The molecular weight excluding hydrogens is 348 g/mol. The maximum atomic E-state index is 12.9. The summed E-state index contributed by atoms with van der Waals surface area (Å²) in [7, 11) is 0. The van der Waals surface area contributed by atoms with Crippen molar-refractivity contribution in [1.29, 1.82) is 0 Å². The highest BCUT2D eigenvalue weighted by molar-refractivity contribution is 5.94. The van der Waals surface area contributed by atoms with E-state index in [1.807, 2.05) is 89.7 Å². The van der Waals surface area contributed by atoms with Crippen LogP contribution in [-0.4, -0.2) is 20.7 Å². The standard InChI is InChI=1S/C23H20N4O/c28-23(20-12-10-18(11-13-20)17-27-16-6-15-25-27)26-22(19-7-2-1-3-8-19)21-9-4-5-14-24-21/h1-16,22H,17H2,(H,26,28). The molecule has 0 aliphatic heterocycles. The third-order valence-electron chi connectivity index (χ3n) is 4.51. The molecule has 0 spiro atoms. The molecule has 0 aliphatic carbocycles. The Morgan fingerprint density at radius 1 is 0.893 bits per heavy atom. The van der Waals surface area contributed by atoms with Crippen LogP contribution in [0.4, 0.5) is 0 Å². The van der Waals surface area contributed by atoms with Crippen molar-refractivity contribution < 1.29 is 4.79 Å². The van der Waals surface area contributed by atoms with Gasteiger partial charge in [-0.15, -0.1) is 0 Å². The lowest BCUT2D eigenvalue weighted by molar-refractivity contribution is 0.0942. The number of aromatic nitrogens is 3. The lowest BCUT2D eigenvalue weighted by Gasteiger charge is -2.19. The number of carbonyl (C=O) groups excluding carboxylic acids is 1. The van der Waals surface area contributed by atoms with Gasteiger partial charge >= 0.3 is 0 Å². The number of amides is 1. The smallest absolute Gasteiger partial charge is 0.252 e. The van der Waals surface area contributed by atoms with Crippen molar-refractivity contribution in [3.8, 4) is 0 Å². The molecule has 0 bridgehead atoms. The van der Waals surface area contributed by atoms with Crippen LogP contribution in [0.3, 0.4) is 0 Å². The van der Waals surface area contributed by atoms with Crippen LogP contribution in [0.1, 0.15) is 33.2 Å². The summed E-state index contributed by atoms with van der Waals surface area (Å²) in [5.74, 6) is -0.134. The van der Waals surface area contributed by atoms with Crippen molar-refractivity contribution in [2.45, 2.75) is 12.6 Å². The molecule has 1 amide bonds. The van der Waals surface area contributed by atoms with E-state index in [9.17, 15) is 4.79 Å². The second-order valence-electron chi connectivity index (χ2n) is 6.47. The van der Waals surface area contributed by atoms with Crippen LogP contribution >= 0.6 is 0 Å². The summed E-state index contributed by atoms with van der Waals surface area (Å²) in [6.07, 6.45) is 5.41. The van der Waals surface area contributed by atoms with Gasteiger partial charge in [0.15, 0.2) is 0 Å². The van der Waals surface area contributed by atoms with Gasteiger partial charge in [0.05, 0.1) is 18.3 Å². The summed E-state index contributed by atoms with van der Waals surface area (Å²) in [5, 5.41) is 7.32. The quantitative estimate of drug-likeness (QED) is 0.562. The van der Waals surface area contributed by atoms with E-state index in [-0.39, 0.29) is 11.9 Å². The van der Waals surface area contributed by atoms with Gasteiger partial charge in [0.1, 0.15) is 0 Å². The zero-order valence-electron chi connectivity index (χ0n) is 15.3. The van der Waals surface area contributed by atoms with Crippen molar-refractivity contribution in [3.05, 3.63) is 120 Å².